The lowest BCUT2D eigenvalue weighted by Crippen LogP contribution is -2.51. The van der Waals surface area contributed by atoms with E-state index in [1.807, 2.05) is 24.3 Å². The van der Waals surface area contributed by atoms with Crippen molar-refractivity contribution in [1.29, 1.82) is 0 Å². The molecule has 6 rings (SSSR count). The number of likely N-dealkylation sites (tertiary alicyclic amines) is 3. The largest absolute Gasteiger partial charge is 0.436 e. The number of nitrogens with zero attached hydrogens (tertiary/aromatic N) is 3. The number of alkyl halides is 3. The zero-order valence-electron chi connectivity index (χ0n) is 28.1. The molecule has 49 heavy (non-hydrogen) atoms. The van der Waals surface area contributed by atoms with Crippen LogP contribution in [0.25, 0.3) is 0 Å². The molecule has 1 spiro atoms. The van der Waals surface area contributed by atoms with E-state index in [0.29, 0.717) is 57.3 Å². The smallest absolute Gasteiger partial charge is 0.418 e. The number of fused-ring (bicyclic) bond motifs is 2. The molecule has 4 heterocycles. The predicted molar refractivity (Wildman–Crippen MR) is 182 cm³/mol. The highest BCUT2D eigenvalue weighted by atomic mass is 35.5. The van der Waals surface area contributed by atoms with Gasteiger partial charge in [-0.1, -0.05) is 29.8 Å². The number of anilines is 2. The summed E-state index contributed by atoms with van der Waals surface area (Å²) < 4.78 is 48.0. The summed E-state index contributed by atoms with van der Waals surface area (Å²) in [5.74, 6) is 0.638. The number of piperidine rings is 3. The summed E-state index contributed by atoms with van der Waals surface area (Å²) in [6.07, 6.45) is -1.65. The molecule has 3 fully saturated rings. The van der Waals surface area contributed by atoms with Crippen LogP contribution in [0.2, 0.25) is 5.02 Å². The minimum atomic E-state index is -4.69. The molecule has 1 atom stereocenters. The van der Waals surface area contributed by atoms with Gasteiger partial charge in [0.25, 0.3) is 5.91 Å². The second-order valence-corrected chi connectivity index (χ2v) is 14.6. The van der Waals surface area contributed by atoms with Crippen LogP contribution >= 0.6 is 11.6 Å². The van der Waals surface area contributed by atoms with Crippen molar-refractivity contribution in [2.24, 2.45) is 11.8 Å². The normalized spacial score (nSPS) is 21.2. The Bertz CT molecular complexity index is 1550. The Balaban J connectivity index is 1.18. The van der Waals surface area contributed by atoms with Crippen molar-refractivity contribution in [3.63, 3.8) is 0 Å². The Kier molecular flexibility index (Phi) is 10.4. The number of halogens is 4. The van der Waals surface area contributed by atoms with Crippen molar-refractivity contribution in [2.45, 2.75) is 69.1 Å². The summed E-state index contributed by atoms with van der Waals surface area (Å²) in [5, 5.41) is 5.32. The van der Waals surface area contributed by atoms with Crippen LogP contribution in [0.15, 0.2) is 36.4 Å². The molecule has 13 heteroatoms. The summed E-state index contributed by atoms with van der Waals surface area (Å²) in [6, 6.07) is 10.0. The zero-order valence-corrected chi connectivity index (χ0v) is 28.8. The topological polar surface area (TPSA) is 94.2 Å². The van der Waals surface area contributed by atoms with Crippen molar-refractivity contribution in [1.82, 2.24) is 14.7 Å². The van der Waals surface area contributed by atoms with Gasteiger partial charge in [-0.15, -0.1) is 0 Å². The molecule has 2 aromatic rings. The SMILES string of the molecule is CNc1c(Cl)cc(C[C@@H](OC(=O)N2CCC3(CC2)CC(=O)Nc2ccccc23)C(=O)N2CCC(C3CCN(C)CC3)CC2)cc1C(F)(F)F. The van der Waals surface area contributed by atoms with E-state index in [-0.39, 0.29) is 28.6 Å². The van der Waals surface area contributed by atoms with E-state index < -0.39 is 35.3 Å². The third-order valence-electron chi connectivity index (χ3n) is 11.2. The van der Waals surface area contributed by atoms with Crippen LogP contribution < -0.4 is 10.6 Å². The minimum Gasteiger partial charge on any atom is -0.436 e. The molecule has 0 saturated carbocycles. The minimum absolute atomic E-state index is 0.0684. The Labute approximate surface area is 290 Å². The molecule has 0 unspecified atom stereocenters. The average Bonchev–Trinajstić information content (AvgIpc) is 3.07. The standard InChI is InChI=1S/C36H45ClF3N5O4/c1-41-32-27(36(38,39)40)19-23(20-28(32)37)21-30(33(47)44-15-9-25(10-16-44)24-7-13-43(2)14-8-24)49-34(48)45-17-11-35(12-18-45)22-31(46)42-29-6-4-3-5-26(29)35/h3-6,19-20,24-25,30,41H,7-18,21-22H2,1-2H3,(H,42,46)/t30-/m1/s1. The van der Waals surface area contributed by atoms with E-state index in [1.54, 1.807) is 4.90 Å². The van der Waals surface area contributed by atoms with Gasteiger partial charge < -0.3 is 30.1 Å². The first-order valence-corrected chi connectivity index (χ1v) is 17.6. The van der Waals surface area contributed by atoms with Crippen molar-refractivity contribution >= 4 is 40.9 Å². The van der Waals surface area contributed by atoms with Gasteiger partial charge in [-0.2, -0.15) is 13.2 Å². The highest BCUT2D eigenvalue weighted by Crippen LogP contribution is 2.45. The fourth-order valence-corrected chi connectivity index (χ4v) is 8.69. The Morgan fingerprint density at radius 1 is 1.00 bits per heavy atom. The van der Waals surface area contributed by atoms with Gasteiger partial charge in [-0.3, -0.25) is 9.59 Å². The molecule has 266 valence electrons. The van der Waals surface area contributed by atoms with Crippen LogP contribution in [-0.4, -0.2) is 92.1 Å². The predicted octanol–water partition coefficient (Wildman–Crippen LogP) is 6.40. The number of carbonyl (C=O) groups is 3. The maximum atomic E-state index is 14.1. The number of amides is 3. The number of carbonyl (C=O) groups excluding carboxylic acids is 3. The van der Waals surface area contributed by atoms with Gasteiger partial charge in [0, 0.05) is 57.2 Å². The van der Waals surface area contributed by atoms with Gasteiger partial charge in [-0.25, -0.2) is 4.79 Å². The van der Waals surface area contributed by atoms with Crippen LogP contribution in [0.1, 0.15) is 61.6 Å². The van der Waals surface area contributed by atoms with E-state index in [4.69, 9.17) is 16.3 Å². The van der Waals surface area contributed by atoms with Crippen LogP contribution in [-0.2, 0) is 32.3 Å². The molecule has 0 bridgehead atoms. The van der Waals surface area contributed by atoms with E-state index in [0.717, 1.165) is 56.1 Å². The summed E-state index contributed by atoms with van der Waals surface area (Å²) in [5.41, 5.74) is 0.345. The van der Waals surface area contributed by atoms with Gasteiger partial charge in [-0.05, 0) is 99.8 Å². The number of rotatable bonds is 6. The summed E-state index contributed by atoms with van der Waals surface area (Å²) >= 11 is 6.29. The molecule has 3 amide bonds. The second kappa shape index (κ2) is 14.4. The number of para-hydroxylation sites is 1. The maximum absolute atomic E-state index is 14.1. The molecule has 3 saturated heterocycles. The number of ether oxygens (including phenoxy) is 1. The third-order valence-corrected chi connectivity index (χ3v) is 11.5. The van der Waals surface area contributed by atoms with E-state index in [9.17, 15) is 27.6 Å². The highest BCUT2D eigenvalue weighted by molar-refractivity contribution is 6.33. The highest BCUT2D eigenvalue weighted by Gasteiger charge is 2.44. The summed E-state index contributed by atoms with van der Waals surface area (Å²) in [6.45, 7) is 3.76. The van der Waals surface area contributed by atoms with Crippen LogP contribution in [0.5, 0.6) is 0 Å². The van der Waals surface area contributed by atoms with E-state index in [2.05, 4.69) is 22.6 Å². The molecule has 0 aliphatic carbocycles. The second-order valence-electron chi connectivity index (χ2n) is 14.2. The molecule has 0 aromatic heterocycles. The molecule has 2 N–H and O–H groups in total. The lowest BCUT2D eigenvalue weighted by Gasteiger charge is -2.44. The lowest BCUT2D eigenvalue weighted by molar-refractivity contribution is -0.142. The lowest BCUT2D eigenvalue weighted by atomic mass is 9.68. The van der Waals surface area contributed by atoms with Crippen LogP contribution in [0.4, 0.5) is 29.3 Å². The van der Waals surface area contributed by atoms with Gasteiger partial charge in [0.2, 0.25) is 5.91 Å². The number of benzene rings is 2. The molecular weight excluding hydrogens is 659 g/mol. The van der Waals surface area contributed by atoms with Gasteiger partial charge in [0.05, 0.1) is 16.3 Å². The average molecular weight is 704 g/mol. The third kappa shape index (κ3) is 7.65. The first-order valence-electron chi connectivity index (χ1n) is 17.3. The van der Waals surface area contributed by atoms with Gasteiger partial charge >= 0.3 is 12.3 Å². The molecule has 4 aliphatic heterocycles. The number of hydrogen-bond donors (Lipinski definition) is 2. The van der Waals surface area contributed by atoms with E-state index in [1.165, 1.54) is 18.0 Å². The van der Waals surface area contributed by atoms with Crippen LogP contribution in [0.3, 0.4) is 0 Å². The first kappa shape index (κ1) is 35.3. The van der Waals surface area contributed by atoms with Crippen molar-refractivity contribution in [3.8, 4) is 0 Å². The zero-order chi connectivity index (χ0) is 34.9. The number of nitrogens with one attached hydrogen (secondary N) is 2. The molecule has 2 aromatic carbocycles. The molecule has 0 radical (unpaired) electrons. The molecule has 9 nitrogen and oxygen atoms in total. The maximum Gasteiger partial charge on any atom is 0.418 e. The summed E-state index contributed by atoms with van der Waals surface area (Å²) in [4.78, 5) is 45.9. The van der Waals surface area contributed by atoms with Crippen molar-refractivity contribution < 1.29 is 32.3 Å². The number of hydrogen-bond acceptors (Lipinski definition) is 6. The summed E-state index contributed by atoms with van der Waals surface area (Å²) in [7, 11) is 3.49. The van der Waals surface area contributed by atoms with E-state index >= 15 is 0 Å². The Morgan fingerprint density at radius 2 is 1.63 bits per heavy atom. The van der Waals surface area contributed by atoms with Crippen molar-refractivity contribution in [2.75, 3.05) is 64.0 Å². The Hall–Kier alpha value is -3.51. The van der Waals surface area contributed by atoms with Crippen molar-refractivity contribution in [3.05, 3.63) is 58.1 Å². The fourth-order valence-electron chi connectivity index (χ4n) is 8.36. The van der Waals surface area contributed by atoms with Gasteiger partial charge in [0.15, 0.2) is 6.10 Å². The Morgan fingerprint density at radius 3 is 2.27 bits per heavy atom. The molecular formula is C36H45ClF3N5O4. The van der Waals surface area contributed by atoms with Gasteiger partial charge in [0.1, 0.15) is 0 Å². The van der Waals surface area contributed by atoms with Crippen LogP contribution in [0, 0.1) is 11.8 Å². The quantitative estimate of drug-likeness (QED) is 0.362. The molecule has 4 aliphatic rings. The first-order chi connectivity index (χ1) is 23.4. The monoisotopic (exact) mass is 703 g/mol. The fraction of sp³-hybridized carbons (Fsp3) is 0.583.